The maximum Gasteiger partial charge on any atom is 0.330 e. The molecule has 0 bridgehead atoms. The van der Waals surface area contributed by atoms with Gasteiger partial charge in [0, 0.05) is 30.9 Å². The topological polar surface area (TPSA) is 71.5 Å². The van der Waals surface area contributed by atoms with E-state index in [2.05, 4.69) is 10.3 Å². The number of nitrogens with one attached hydrogen (secondary N) is 1. The summed E-state index contributed by atoms with van der Waals surface area (Å²) in [4.78, 5) is 14.6. The average Bonchev–Trinajstić information content (AvgIpc) is 2.35. The molecule has 0 aliphatic heterocycles. The van der Waals surface area contributed by atoms with E-state index in [1.807, 2.05) is 6.07 Å². The first-order valence-electron chi connectivity index (χ1n) is 5.23. The number of hydrogen-bond donors (Lipinski definition) is 2. The van der Waals surface area contributed by atoms with Gasteiger partial charge in [0.15, 0.2) is 0 Å². The van der Waals surface area contributed by atoms with Crippen molar-refractivity contribution in [1.29, 1.82) is 0 Å². The van der Waals surface area contributed by atoms with Crippen LogP contribution in [0.2, 0.25) is 0 Å². The van der Waals surface area contributed by atoms with Gasteiger partial charge in [0.05, 0.1) is 7.11 Å². The number of hydrogen-bond acceptors (Lipinski definition) is 4. The Morgan fingerprint density at radius 1 is 1.59 bits per heavy atom. The second-order valence-corrected chi connectivity index (χ2v) is 3.53. The maximum atomic E-state index is 10.5. The third kappa shape index (κ3) is 4.65. The van der Waals surface area contributed by atoms with Gasteiger partial charge in [0.1, 0.15) is 0 Å². The van der Waals surface area contributed by atoms with Gasteiger partial charge < -0.3 is 15.2 Å². The molecule has 0 saturated carbocycles. The molecule has 5 heteroatoms. The summed E-state index contributed by atoms with van der Waals surface area (Å²) < 4.78 is 4.95. The van der Waals surface area contributed by atoms with Gasteiger partial charge in [-0.05, 0) is 12.5 Å². The molecule has 0 saturated heterocycles. The number of ether oxygens (including phenoxy) is 1. The quantitative estimate of drug-likeness (QED) is 0.574. The molecule has 0 aliphatic carbocycles. The van der Waals surface area contributed by atoms with E-state index in [4.69, 9.17) is 9.84 Å². The minimum Gasteiger partial charge on any atom is -0.481 e. The van der Waals surface area contributed by atoms with Gasteiger partial charge in [-0.25, -0.2) is 9.78 Å². The summed E-state index contributed by atoms with van der Waals surface area (Å²) in [5.41, 5.74) is 1.36. The van der Waals surface area contributed by atoms with E-state index < -0.39 is 5.97 Å². The first-order chi connectivity index (χ1) is 8.13. The second kappa shape index (κ2) is 6.65. The van der Waals surface area contributed by atoms with Gasteiger partial charge in [-0.2, -0.15) is 0 Å². The first-order valence-corrected chi connectivity index (χ1v) is 5.23. The van der Waals surface area contributed by atoms with Gasteiger partial charge >= 0.3 is 5.97 Å². The third-order valence-electron chi connectivity index (χ3n) is 2.23. The lowest BCUT2D eigenvalue weighted by Gasteiger charge is -2.03. The largest absolute Gasteiger partial charge is 0.481 e. The van der Waals surface area contributed by atoms with Crippen LogP contribution in [0.5, 0.6) is 5.88 Å². The molecule has 1 rings (SSSR count). The van der Waals surface area contributed by atoms with Gasteiger partial charge in [-0.3, -0.25) is 0 Å². The minimum absolute atomic E-state index is 0.338. The van der Waals surface area contributed by atoms with E-state index in [-0.39, 0.29) is 0 Å². The Kier molecular flexibility index (Phi) is 5.16. The van der Waals surface area contributed by atoms with E-state index in [0.29, 0.717) is 24.5 Å². The fourth-order valence-electron chi connectivity index (χ4n) is 1.17. The molecule has 0 atom stereocenters. The highest BCUT2D eigenvalue weighted by molar-refractivity contribution is 5.85. The Labute approximate surface area is 100 Å². The molecule has 0 spiro atoms. The number of rotatable bonds is 6. The van der Waals surface area contributed by atoms with Crippen molar-refractivity contribution in [3.63, 3.8) is 0 Å². The number of methoxy groups -OCH3 is 1. The van der Waals surface area contributed by atoms with Crippen LogP contribution in [0, 0.1) is 0 Å². The van der Waals surface area contributed by atoms with Gasteiger partial charge in [0.2, 0.25) is 5.88 Å². The van der Waals surface area contributed by atoms with Crippen molar-refractivity contribution in [2.75, 3.05) is 13.7 Å². The molecule has 0 aromatic carbocycles. The van der Waals surface area contributed by atoms with Crippen LogP contribution in [0.3, 0.4) is 0 Å². The molecular formula is C12H16N2O3. The van der Waals surface area contributed by atoms with Crippen LogP contribution in [0.4, 0.5) is 0 Å². The molecule has 0 amide bonds. The molecule has 5 nitrogen and oxygen atoms in total. The van der Waals surface area contributed by atoms with Crippen LogP contribution < -0.4 is 10.1 Å². The highest BCUT2D eigenvalue weighted by Gasteiger charge is 1.98. The molecule has 0 unspecified atom stereocenters. The Morgan fingerprint density at radius 2 is 2.35 bits per heavy atom. The van der Waals surface area contributed by atoms with Crippen molar-refractivity contribution in [3.05, 3.63) is 35.5 Å². The zero-order valence-corrected chi connectivity index (χ0v) is 9.93. The lowest BCUT2D eigenvalue weighted by Crippen LogP contribution is -2.14. The Hall–Kier alpha value is -1.88. The van der Waals surface area contributed by atoms with E-state index >= 15 is 0 Å². The van der Waals surface area contributed by atoms with Crippen LogP contribution in [0.1, 0.15) is 12.5 Å². The molecular weight excluding hydrogens is 220 g/mol. The molecule has 1 aromatic heterocycles. The predicted molar refractivity (Wildman–Crippen MR) is 63.9 cm³/mol. The third-order valence-corrected chi connectivity index (χ3v) is 2.23. The van der Waals surface area contributed by atoms with Gasteiger partial charge in [0.25, 0.3) is 0 Å². The standard InChI is InChI=1S/C12H16N2O3/c1-9(12(15)16)5-6-13-7-10-3-4-11(17-2)14-8-10/h3-5,8,13H,6-7H2,1-2H3,(H,15,16)/b9-5-. The smallest absolute Gasteiger partial charge is 0.330 e. The summed E-state index contributed by atoms with van der Waals surface area (Å²) in [7, 11) is 1.57. The lowest BCUT2D eigenvalue weighted by molar-refractivity contribution is -0.132. The summed E-state index contributed by atoms with van der Waals surface area (Å²) in [6.07, 6.45) is 3.36. The Morgan fingerprint density at radius 3 is 2.88 bits per heavy atom. The van der Waals surface area contributed by atoms with Crippen molar-refractivity contribution in [2.24, 2.45) is 0 Å². The van der Waals surface area contributed by atoms with E-state index in [0.717, 1.165) is 5.56 Å². The van der Waals surface area contributed by atoms with Gasteiger partial charge in [-0.1, -0.05) is 12.1 Å². The van der Waals surface area contributed by atoms with Gasteiger partial charge in [-0.15, -0.1) is 0 Å². The van der Waals surface area contributed by atoms with Crippen molar-refractivity contribution in [3.8, 4) is 5.88 Å². The van der Waals surface area contributed by atoms with E-state index in [1.165, 1.54) is 0 Å². The zero-order valence-electron chi connectivity index (χ0n) is 9.93. The van der Waals surface area contributed by atoms with Crippen LogP contribution in [0.15, 0.2) is 30.0 Å². The maximum absolute atomic E-state index is 10.5. The first kappa shape index (κ1) is 13.2. The number of nitrogens with zero attached hydrogens (tertiary/aromatic N) is 1. The zero-order chi connectivity index (χ0) is 12.7. The van der Waals surface area contributed by atoms with Crippen LogP contribution in [-0.4, -0.2) is 29.7 Å². The van der Waals surface area contributed by atoms with E-state index in [1.54, 1.807) is 32.4 Å². The summed E-state index contributed by atoms with van der Waals surface area (Å²) >= 11 is 0. The van der Waals surface area contributed by atoms with Crippen molar-refractivity contribution in [2.45, 2.75) is 13.5 Å². The second-order valence-electron chi connectivity index (χ2n) is 3.53. The summed E-state index contributed by atoms with van der Waals surface area (Å²) in [5, 5.41) is 11.7. The number of carbonyl (C=O) groups is 1. The normalized spacial score (nSPS) is 11.3. The highest BCUT2D eigenvalue weighted by Crippen LogP contribution is 2.06. The lowest BCUT2D eigenvalue weighted by atomic mass is 10.2. The highest BCUT2D eigenvalue weighted by atomic mass is 16.5. The summed E-state index contributed by atoms with van der Waals surface area (Å²) in [6, 6.07) is 3.70. The Balaban J connectivity index is 2.36. The molecule has 17 heavy (non-hydrogen) atoms. The fourth-order valence-corrected chi connectivity index (χ4v) is 1.17. The summed E-state index contributed by atoms with van der Waals surface area (Å²) in [6.45, 7) is 2.73. The van der Waals surface area contributed by atoms with Crippen molar-refractivity contribution < 1.29 is 14.6 Å². The average molecular weight is 236 g/mol. The number of aliphatic carboxylic acids is 1. The molecule has 0 aliphatic rings. The summed E-state index contributed by atoms with van der Waals surface area (Å²) in [5.74, 6) is -0.312. The van der Waals surface area contributed by atoms with Crippen LogP contribution >= 0.6 is 0 Å². The minimum atomic E-state index is -0.891. The molecule has 1 heterocycles. The monoisotopic (exact) mass is 236 g/mol. The molecule has 92 valence electrons. The molecule has 1 aromatic rings. The van der Waals surface area contributed by atoms with E-state index in [9.17, 15) is 4.79 Å². The Bertz CT molecular complexity index is 399. The van der Waals surface area contributed by atoms with Crippen LogP contribution in [-0.2, 0) is 11.3 Å². The predicted octanol–water partition coefficient (Wildman–Crippen LogP) is 1.21. The number of carboxylic acids is 1. The molecule has 0 fully saturated rings. The van der Waals surface area contributed by atoms with Crippen LogP contribution in [0.25, 0.3) is 0 Å². The number of carboxylic acid groups (broad SMARTS) is 1. The number of aromatic nitrogens is 1. The fraction of sp³-hybridized carbons (Fsp3) is 0.333. The molecule has 0 radical (unpaired) electrons. The SMILES string of the molecule is COc1ccc(CNC/C=C(/C)C(=O)O)cn1. The number of pyridine rings is 1. The molecule has 2 N–H and O–H groups in total. The van der Waals surface area contributed by atoms with Crippen molar-refractivity contribution in [1.82, 2.24) is 10.3 Å². The van der Waals surface area contributed by atoms with Crippen molar-refractivity contribution >= 4 is 5.97 Å².